The van der Waals surface area contributed by atoms with Crippen LogP contribution >= 0.6 is 0 Å². The molecule has 1 aromatic rings. The van der Waals surface area contributed by atoms with Crippen LogP contribution in [0.4, 0.5) is 4.79 Å². The Morgan fingerprint density at radius 1 is 1.25 bits per heavy atom. The Kier molecular flexibility index (Phi) is 3.74. The molecule has 1 aromatic carbocycles. The number of nitrogens with one attached hydrogen (secondary N) is 2. The van der Waals surface area contributed by atoms with Crippen molar-refractivity contribution in [2.75, 3.05) is 6.54 Å². The van der Waals surface area contributed by atoms with E-state index in [2.05, 4.69) is 10.6 Å². The normalized spacial score (nSPS) is 17.0. The van der Waals surface area contributed by atoms with Crippen molar-refractivity contribution in [3.05, 3.63) is 35.9 Å². The number of rotatable bonds is 4. The maximum Gasteiger partial charge on any atom is 0.325 e. The smallest absolute Gasteiger partial charge is 0.325 e. The second kappa shape index (κ2) is 5.32. The molecule has 0 saturated carbocycles. The lowest BCUT2D eigenvalue weighted by Crippen LogP contribution is -2.48. The zero-order chi connectivity index (χ0) is 14.8. The van der Waals surface area contributed by atoms with Crippen molar-refractivity contribution in [2.45, 2.75) is 25.9 Å². The molecule has 6 nitrogen and oxygen atoms in total. The Hall–Kier alpha value is -2.37. The van der Waals surface area contributed by atoms with Crippen LogP contribution in [0.25, 0.3) is 0 Å². The molecule has 2 N–H and O–H groups in total. The Morgan fingerprint density at radius 2 is 1.90 bits per heavy atom. The van der Waals surface area contributed by atoms with Gasteiger partial charge in [0.15, 0.2) is 0 Å². The molecule has 0 bridgehead atoms. The van der Waals surface area contributed by atoms with E-state index in [0.29, 0.717) is 6.54 Å². The topological polar surface area (TPSA) is 78.5 Å². The molecular formula is C14H17N3O3. The lowest BCUT2D eigenvalue weighted by atomic mass is 10.0. The van der Waals surface area contributed by atoms with Crippen LogP contribution in [0.3, 0.4) is 0 Å². The third-order valence-electron chi connectivity index (χ3n) is 3.33. The fourth-order valence-corrected chi connectivity index (χ4v) is 1.96. The first-order valence-electron chi connectivity index (χ1n) is 6.35. The van der Waals surface area contributed by atoms with Crippen LogP contribution in [0.2, 0.25) is 0 Å². The third kappa shape index (κ3) is 2.79. The quantitative estimate of drug-likeness (QED) is 0.791. The van der Waals surface area contributed by atoms with E-state index in [4.69, 9.17) is 0 Å². The van der Waals surface area contributed by atoms with Gasteiger partial charge in [0, 0.05) is 6.54 Å². The Labute approximate surface area is 117 Å². The summed E-state index contributed by atoms with van der Waals surface area (Å²) in [6, 6.07) is 8.93. The molecule has 4 amide bonds. The fourth-order valence-electron chi connectivity index (χ4n) is 1.96. The lowest BCUT2D eigenvalue weighted by Gasteiger charge is -2.27. The molecule has 1 fully saturated rings. The molecule has 1 aliphatic rings. The fraction of sp³-hybridized carbons (Fsp3) is 0.357. The summed E-state index contributed by atoms with van der Waals surface area (Å²) in [4.78, 5) is 36.3. The van der Waals surface area contributed by atoms with E-state index in [9.17, 15) is 14.4 Å². The minimum absolute atomic E-state index is 0.141. The van der Waals surface area contributed by atoms with Crippen LogP contribution < -0.4 is 10.6 Å². The predicted octanol–water partition coefficient (Wildman–Crippen LogP) is 0.633. The Bertz CT molecular complexity index is 540. The van der Waals surface area contributed by atoms with Gasteiger partial charge in [-0.05, 0) is 19.4 Å². The summed E-state index contributed by atoms with van der Waals surface area (Å²) in [5, 5.41) is 4.93. The molecule has 0 atom stereocenters. The van der Waals surface area contributed by atoms with E-state index in [1.54, 1.807) is 13.8 Å². The average molecular weight is 275 g/mol. The maximum absolute atomic E-state index is 11.9. The van der Waals surface area contributed by atoms with Crippen LogP contribution in [0, 0.1) is 0 Å². The number of hydrogen-bond acceptors (Lipinski definition) is 3. The average Bonchev–Trinajstić information content (AvgIpc) is 2.60. The SMILES string of the molecule is CC1(C)C(=O)NC(=O)N1CC(=O)NCc1ccccc1. The molecular weight excluding hydrogens is 258 g/mol. The summed E-state index contributed by atoms with van der Waals surface area (Å²) in [5.41, 5.74) is -0.0247. The number of amides is 4. The van der Waals surface area contributed by atoms with Crippen LogP contribution in [-0.2, 0) is 16.1 Å². The number of nitrogens with zero attached hydrogens (tertiary/aromatic N) is 1. The molecule has 0 spiro atoms. The number of hydrogen-bond donors (Lipinski definition) is 2. The van der Waals surface area contributed by atoms with Gasteiger partial charge in [0.2, 0.25) is 5.91 Å². The molecule has 1 heterocycles. The van der Waals surface area contributed by atoms with E-state index in [1.807, 2.05) is 30.3 Å². The molecule has 106 valence electrons. The van der Waals surface area contributed by atoms with Gasteiger partial charge in [-0.3, -0.25) is 14.9 Å². The van der Waals surface area contributed by atoms with Gasteiger partial charge >= 0.3 is 6.03 Å². The largest absolute Gasteiger partial charge is 0.350 e. The number of carbonyl (C=O) groups excluding carboxylic acids is 3. The lowest BCUT2D eigenvalue weighted by molar-refractivity contribution is -0.127. The summed E-state index contributed by atoms with van der Waals surface area (Å²) in [5.74, 6) is -0.690. The minimum Gasteiger partial charge on any atom is -0.350 e. The summed E-state index contributed by atoms with van der Waals surface area (Å²) in [7, 11) is 0. The Balaban J connectivity index is 1.92. The first-order chi connectivity index (χ1) is 9.41. The summed E-state index contributed by atoms with van der Waals surface area (Å²) in [6.45, 7) is 3.47. The number of imide groups is 1. The number of benzene rings is 1. The van der Waals surface area contributed by atoms with Crippen molar-refractivity contribution >= 4 is 17.8 Å². The highest BCUT2D eigenvalue weighted by Gasteiger charge is 2.46. The van der Waals surface area contributed by atoms with Crippen LogP contribution in [-0.4, -0.2) is 34.8 Å². The predicted molar refractivity (Wildman–Crippen MR) is 72.6 cm³/mol. The van der Waals surface area contributed by atoms with Crippen molar-refractivity contribution in [3.63, 3.8) is 0 Å². The zero-order valence-corrected chi connectivity index (χ0v) is 11.5. The van der Waals surface area contributed by atoms with Crippen LogP contribution in [0.15, 0.2) is 30.3 Å². The first kappa shape index (κ1) is 14.0. The Morgan fingerprint density at radius 3 is 2.45 bits per heavy atom. The second-order valence-corrected chi connectivity index (χ2v) is 5.17. The van der Waals surface area contributed by atoms with Gasteiger partial charge in [-0.1, -0.05) is 30.3 Å². The molecule has 0 radical (unpaired) electrons. The third-order valence-corrected chi connectivity index (χ3v) is 3.33. The van der Waals surface area contributed by atoms with Gasteiger partial charge in [-0.25, -0.2) is 4.79 Å². The first-order valence-corrected chi connectivity index (χ1v) is 6.35. The van der Waals surface area contributed by atoms with Crippen LogP contribution in [0.1, 0.15) is 19.4 Å². The summed E-state index contributed by atoms with van der Waals surface area (Å²) >= 11 is 0. The molecule has 20 heavy (non-hydrogen) atoms. The summed E-state index contributed by atoms with van der Waals surface area (Å²) < 4.78 is 0. The van der Waals surface area contributed by atoms with E-state index in [-0.39, 0.29) is 12.5 Å². The molecule has 1 aliphatic heterocycles. The minimum atomic E-state index is -0.999. The highest BCUT2D eigenvalue weighted by Crippen LogP contribution is 2.20. The molecule has 0 aromatic heterocycles. The molecule has 1 saturated heterocycles. The highest BCUT2D eigenvalue weighted by atomic mass is 16.2. The van der Waals surface area contributed by atoms with Crippen molar-refractivity contribution in [2.24, 2.45) is 0 Å². The van der Waals surface area contributed by atoms with Crippen molar-refractivity contribution in [1.82, 2.24) is 15.5 Å². The zero-order valence-electron chi connectivity index (χ0n) is 11.5. The van der Waals surface area contributed by atoms with Gasteiger partial charge in [0.05, 0.1) is 0 Å². The van der Waals surface area contributed by atoms with E-state index in [1.165, 1.54) is 4.90 Å². The highest BCUT2D eigenvalue weighted by molar-refractivity contribution is 6.07. The van der Waals surface area contributed by atoms with Gasteiger partial charge in [0.1, 0.15) is 12.1 Å². The molecule has 2 rings (SSSR count). The standard InChI is InChI=1S/C14H17N3O3/c1-14(2)12(19)16-13(20)17(14)9-11(18)15-8-10-6-4-3-5-7-10/h3-7H,8-9H2,1-2H3,(H,15,18)(H,16,19,20). The van der Waals surface area contributed by atoms with Gasteiger partial charge < -0.3 is 10.2 Å². The number of urea groups is 1. The van der Waals surface area contributed by atoms with E-state index < -0.39 is 17.5 Å². The van der Waals surface area contributed by atoms with Crippen LogP contribution in [0.5, 0.6) is 0 Å². The molecule has 6 heteroatoms. The van der Waals surface area contributed by atoms with Crippen molar-refractivity contribution in [1.29, 1.82) is 0 Å². The summed E-state index contributed by atoms with van der Waals surface area (Å²) in [6.07, 6.45) is 0. The van der Waals surface area contributed by atoms with Gasteiger partial charge in [-0.2, -0.15) is 0 Å². The van der Waals surface area contributed by atoms with Gasteiger partial charge in [-0.15, -0.1) is 0 Å². The van der Waals surface area contributed by atoms with E-state index >= 15 is 0 Å². The number of carbonyl (C=O) groups is 3. The van der Waals surface area contributed by atoms with Gasteiger partial charge in [0.25, 0.3) is 5.91 Å². The van der Waals surface area contributed by atoms with Crippen molar-refractivity contribution in [3.8, 4) is 0 Å². The molecule has 0 unspecified atom stereocenters. The monoisotopic (exact) mass is 275 g/mol. The molecule has 0 aliphatic carbocycles. The second-order valence-electron chi connectivity index (χ2n) is 5.17. The van der Waals surface area contributed by atoms with Crippen molar-refractivity contribution < 1.29 is 14.4 Å². The maximum atomic E-state index is 11.9. The van der Waals surface area contributed by atoms with E-state index in [0.717, 1.165) is 5.56 Å².